The quantitative estimate of drug-likeness (QED) is 0.207. The second kappa shape index (κ2) is 11.3. The van der Waals surface area contributed by atoms with Crippen LogP contribution in [0.2, 0.25) is 17.6 Å². The predicted molar refractivity (Wildman–Crippen MR) is 119 cm³/mol. The Hall–Kier alpha value is -0.913. The first kappa shape index (κ1) is 24.7. The Labute approximate surface area is 185 Å². The molecule has 0 N–H and O–H groups in total. The second-order valence-electron chi connectivity index (χ2n) is 10.0. The lowest BCUT2D eigenvalue weighted by atomic mass is 9.86. The molecule has 1 aliphatic carbocycles. The maximum Gasteiger partial charge on any atom is 0.422 e. The van der Waals surface area contributed by atoms with Crippen LogP contribution in [0.15, 0.2) is 12.1 Å². The Morgan fingerprint density at radius 1 is 0.839 bits per heavy atom. The van der Waals surface area contributed by atoms with Crippen LogP contribution in [-0.4, -0.2) is 8.80 Å². The standard InChI is InChI=1S/C25H37F5Si/c1-2-5-18-8-10-21(11-9-18)31-14-12-19(13-15-31)6-3-4-7-20-16-22(26)24(23(27)17-20)25(28,29)30/h16-19,21,31H,2-15H2,1H3/t18-,19-,21-,31-. The van der Waals surface area contributed by atoms with Crippen LogP contribution in [0, 0.1) is 23.5 Å². The molecule has 3 rings (SSSR count). The molecule has 31 heavy (non-hydrogen) atoms. The molecule has 0 atom stereocenters. The van der Waals surface area contributed by atoms with Crippen molar-refractivity contribution in [3.8, 4) is 0 Å². The fourth-order valence-corrected chi connectivity index (χ4v) is 10.5. The molecule has 1 aromatic carbocycles. The first-order valence-corrected chi connectivity index (χ1v) is 14.6. The van der Waals surface area contributed by atoms with Gasteiger partial charge >= 0.3 is 6.18 Å². The van der Waals surface area contributed by atoms with Crippen LogP contribution in [-0.2, 0) is 12.6 Å². The van der Waals surface area contributed by atoms with Crippen LogP contribution in [0.5, 0.6) is 0 Å². The van der Waals surface area contributed by atoms with Crippen molar-refractivity contribution < 1.29 is 22.0 Å². The number of hydrogen-bond donors (Lipinski definition) is 0. The highest BCUT2D eigenvalue weighted by Gasteiger charge is 2.38. The van der Waals surface area contributed by atoms with Gasteiger partial charge in [0.15, 0.2) is 0 Å². The van der Waals surface area contributed by atoms with Gasteiger partial charge in [-0.25, -0.2) is 8.78 Å². The Bertz CT molecular complexity index is 663. The molecule has 1 saturated heterocycles. The number of benzene rings is 1. The molecular formula is C25H37F5Si. The SMILES string of the molecule is CCC[C@H]1CC[C@H]([Si@H]2CC[C@H](CCCCc3cc(F)c(C(F)(F)F)c(F)c3)CC2)CC1. The minimum atomic E-state index is -5.00. The third kappa shape index (κ3) is 7.03. The van der Waals surface area contributed by atoms with Crippen LogP contribution in [0.4, 0.5) is 22.0 Å². The Balaban J connectivity index is 1.35. The van der Waals surface area contributed by atoms with Gasteiger partial charge in [-0.3, -0.25) is 0 Å². The average molecular weight is 461 g/mol. The predicted octanol–water partition coefficient (Wildman–Crippen LogP) is 8.69. The van der Waals surface area contributed by atoms with Gasteiger partial charge in [-0.1, -0.05) is 83.2 Å². The highest BCUT2D eigenvalue weighted by Crippen LogP contribution is 2.42. The molecule has 6 heteroatoms. The lowest BCUT2D eigenvalue weighted by Crippen LogP contribution is -2.29. The molecule has 2 aliphatic rings. The summed E-state index contributed by atoms with van der Waals surface area (Å²) < 4.78 is 65.4. The fourth-order valence-electron chi connectivity index (χ4n) is 6.11. The monoisotopic (exact) mass is 460 g/mol. The molecule has 2 fully saturated rings. The van der Waals surface area contributed by atoms with Crippen molar-refractivity contribution >= 4 is 8.80 Å². The molecule has 0 unspecified atom stereocenters. The zero-order valence-electron chi connectivity index (χ0n) is 18.8. The van der Waals surface area contributed by atoms with E-state index in [0.29, 0.717) is 12.0 Å². The van der Waals surface area contributed by atoms with E-state index >= 15 is 0 Å². The van der Waals surface area contributed by atoms with E-state index in [2.05, 4.69) is 6.92 Å². The van der Waals surface area contributed by atoms with E-state index < -0.39 is 32.2 Å². The lowest BCUT2D eigenvalue weighted by molar-refractivity contribution is -0.142. The van der Waals surface area contributed by atoms with Crippen LogP contribution < -0.4 is 0 Å². The summed E-state index contributed by atoms with van der Waals surface area (Å²) in [6, 6.07) is 4.64. The van der Waals surface area contributed by atoms with Crippen LogP contribution in [0.25, 0.3) is 0 Å². The van der Waals surface area contributed by atoms with Crippen molar-refractivity contribution in [1.29, 1.82) is 0 Å². The molecule has 176 valence electrons. The largest absolute Gasteiger partial charge is 0.422 e. The summed E-state index contributed by atoms with van der Waals surface area (Å²) in [5, 5.41) is 0. The van der Waals surface area contributed by atoms with E-state index in [9.17, 15) is 22.0 Å². The van der Waals surface area contributed by atoms with Gasteiger partial charge in [0.2, 0.25) is 0 Å². The third-order valence-corrected chi connectivity index (χ3v) is 12.0. The van der Waals surface area contributed by atoms with E-state index in [1.165, 1.54) is 63.5 Å². The van der Waals surface area contributed by atoms with Crippen molar-refractivity contribution in [2.24, 2.45) is 11.8 Å². The molecule has 0 amide bonds. The summed E-state index contributed by atoms with van der Waals surface area (Å²) in [5.74, 6) is -1.26. The van der Waals surface area contributed by atoms with Crippen molar-refractivity contribution in [2.75, 3.05) is 0 Å². The van der Waals surface area contributed by atoms with Crippen LogP contribution in [0.1, 0.15) is 88.7 Å². The first-order chi connectivity index (χ1) is 14.8. The fraction of sp³-hybridized carbons (Fsp3) is 0.760. The van der Waals surface area contributed by atoms with Crippen molar-refractivity contribution in [2.45, 2.75) is 108 Å². The third-order valence-electron chi connectivity index (χ3n) is 7.86. The van der Waals surface area contributed by atoms with Gasteiger partial charge in [0.05, 0.1) is 0 Å². The summed E-state index contributed by atoms with van der Waals surface area (Å²) >= 11 is 0. The van der Waals surface area contributed by atoms with Gasteiger partial charge in [-0.2, -0.15) is 13.2 Å². The molecule has 1 aliphatic heterocycles. The summed E-state index contributed by atoms with van der Waals surface area (Å²) in [5.41, 5.74) is -0.396. The smallest absolute Gasteiger partial charge is 0.206 e. The van der Waals surface area contributed by atoms with Crippen molar-refractivity contribution in [1.82, 2.24) is 0 Å². The molecule has 0 nitrogen and oxygen atoms in total. The van der Waals surface area contributed by atoms with Crippen molar-refractivity contribution in [3.63, 3.8) is 0 Å². The molecule has 1 aromatic rings. The summed E-state index contributed by atoms with van der Waals surface area (Å²) in [4.78, 5) is 0. The Kier molecular flexibility index (Phi) is 9.00. The molecule has 0 bridgehead atoms. The van der Waals surface area contributed by atoms with E-state index in [1.54, 1.807) is 0 Å². The van der Waals surface area contributed by atoms with Crippen LogP contribution in [0.3, 0.4) is 0 Å². The van der Waals surface area contributed by atoms with E-state index in [-0.39, 0.29) is 0 Å². The van der Waals surface area contributed by atoms with Gasteiger partial charge < -0.3 is 0 Å². The minimum Gasteiger partial charge on any atom is -0.206 e. The minimum absolute atomic E-state index is 0.317. The number of aryl methyl sites for hydroxylation is 1. The second-order valence-corrected chi connectivity index (χ2v) is 13.6. The van der Waals surface area contributed by atoms with Gasteiger partial charge in [-0.15, -0.1) is 0 Å². The van der Waals surface area contributed by atoms with E-state index in [1.807, 2.05) is 0 Å². The van der Waals surface area contributed by atoms with Crippen molar-refractivity contribution in [3.05, 3.63) is 34.9 Å². The van der Waals surface area contributed by atoms with Gasteiger partial charge in [0.25, 0.3) is 0 Å². The lowest BCUT2D eigenvalue weighted by Gasteiger charge is -2.37. The maximum atomic E-state index is 13.7. The highest BCUT2D eigenvalue weighted by atomic mass is 28.3. The summed E-state index contributed by atoms with van der Waals surface area (Å²) in [7, 11) is -0.589. The highest BCUT2D eigenvalue weighted by molar-refractivity contribution is 6.60. The Morgan fingerprint density at radius 3 is 1.97 bits per heavy atom. The number of hydrogen-bond acceptors (Lipinski definition) is 0. The van der Waals surface area contributed by atoms with Gasteiger partial charge in [-0.05, 0) is 47.9 Å². The van der Waals surface area contributed by atoms with Gasteiger partial charge in [0.1, 0.15) is 17.2 Å². The molecule has 1 saturated carbocycles. The van der Waals surface area contributed by atoms with E-state index in [0.717, 1.165) is 48.8 Å². The summed E-state index contributed by atoms with van der Waals surface area (Å²) in [6.45, 7) is 2.29. The topological polar surface area (TPSA) is 0 Å². The molecule has 0 radical (unpaired) electrons. The number of rotatable bonds is 8. The zero-order valence-corrected chi connectivity index (χ0v) is 19.9. The van der Waals surface area contributed by atoms with Gasteiger partial charge in [0, 0.05) is 8.80 Å². The summed E-state index contributed by atoms with van der Waals surface area (Å²) in [6.07, 6.45) is 9.59. The average Bonchev–Trinajstić information content (AvgIpc) is 2.71. The first-order valence-electron chi connectivity index (χ1n) is 12.3. The normalized spacial score (nSPS) is 27.4. The number of alkyl halides is 3. The molecular weight excluding hydrogens is 423 g/mol. The molecule has 0 spiro atoms. The number of halogens is 5. The maximum absolute atomic E-state index is 13.7. The molecule has 1 heterocycles. The molecule has 0 aromatic heterocycles. The van der Waals surface area contributed by atoms with Crippen LogP contribution >= 0.6 is 0 Å². The number of unbranched alkanes of at least 4 members (excludes halogenated alkanes) is 1. The van der Waals surface area contributed by atoms with E-state index in [4.69, 9.17) is 0 Å². The zero-order chi connectivity index (χ0) is 22.4. The Morgan fingerprint density at radius 2 is 1.42 bits per heavy atom.